The lowest BCUT2D eigenvalue weighted by molar-refractivity contribution is -0.130. The average molecular weight is 183 g/mol. The van der Waals surface area contributed by atoms with Gasteiger partial charge in [0.2, 0.25) is 5.91 Å². The van der Waals surface area contributed by atoms with Gasteiger partial charge in [0.25, 0.3) is 0 Å². The highest BCUT2D eigenvalue weighted by Crippen LogP contribution is 2.23. The van der Waals surface area contributed by atoms with Crippen LogP contribution in [0, 0.1) is 11.8 Å². The van der Waals surface area contributed by atoms with Crippen molar-refractivity contribution in [1.82, 2.24) is 4.90 Å². The quantitative estimate of drug-likeness (QED) is 0.643. The molecule has 76 valence electrons. The van der Waals surface area contributed by atoms with E-state index in [2.05, 4.69) is 13.8 Å². The lowest BCUT2D eigenvalue weighted by atomic mass is 9.89. The number of carbonyl (C=O) groups excluding carboxylic acids is 1. The second-order valence-electron chi connectivity index (χ2n) is 4.58. The van der Waals surface area contributed by atoms with E-state index in [1.165, 1.54) is 19.3 Å². The third-order valence-electron chi connectivity index (χ3n) is 2.86. The van der Waals surface area contributed by atoms with Crippen molar-refractivity contribution in [3.63, 3.8) is 0 Å². The molecule has 0 aliphatic carbocycles. The van der Waals surface area contributed by atoms with Gasteiger partial charge in [-0.15, -0.1) is 0 Å². The molecule has 0 spiro atoms. The van der Waals surface area contributed by atoms with E-state index in [4.69, 9.17) is 0 Å². The van der Waals surface area contributed by atoms with Gasteiger partial charge in [-0.3, -0.25) is 4.79 Å². The summed E-state index contributed by atoms with van der Waals surface area (Å²) in [6, 6.07) is 0. The van der Waals surface area contributed by atoms with Gasteiger partial charge in [-0.2, -0.15) is 0 Å². The minimum Gasteiger partial charge on any atom is -0.343 e. The first-order chi connectivity index (χ1) is 6.09. The fourth-order valence-corrected chi connectivity index (χ4v) is 2.15. The van der Waals surface area contributed by atoms with Crippen LogP contribution in [-0.2, 0) is 4.79 Å². The molecule has 0 aromatic heterocycles. The summed E-state index contributed by atoms with van der Waals surface area (Å²) in [7, 11) is 0. The summed E-state index contributed by atoms with van der Waals surface area (Å²) in [6.07, 6.45) is 3.74. The topological polar surface area (TPSA) is 20.3 Å². The highest BCUT2D eigenvalue weighted by Gasteiger charge is 2.20. The lowest BCUT2D eigenvalue weighted by Crippen LogP contribution is -2.37. The van der Waals surface area contributed by atoms with Gasteiger partial charge in [0.15, 0.2) is 0 Å². The van der Waals surface area contributed by atoms with Crippen LogP contribution in [0.15, 0.2) is 0 Å². The molecule has 0 N–H and O–H groups in total. The molecular weight excluding hydrogens is 162 g/mol. The standard InChI is InChI=1S/C11H21NO/c1-9(2)8-11-4-6-12(7-5-11)10(3)13/h9,11H,4-8H2,1-3H3. The normalized spacial score (nSPS) is 19.5. The van der Waals surface area contributed by atoms with Crippen molar-refractivity contribution in [3.8, 4) is 0 Å². The molecule has 1 amide bonds. The molecule has 0 unspecified atom stereocenters. The first kappa shape index (κ1) is 10.6. The fraction of sp³-hybridized carbons (Fsp3) is 0.909. The van der Waals surface area contributed by atoms with Gasteiger partial charge in [-0.1, -0.05) is 13.8 Å². The van der Waals surface area contributed by atoms with E-state index in [-0.39, 0.29) is 5.91 Å². The van der Waals surface area contributed by atoms with Gasteiger partial charge in [-0.25, -0.2) is 0 Å². The van der Waals surface area contributed by atoms with Gasteiger partial charge < -0.3 is 4.90 Å². The zero-order valence-corrected chi connectivity index (χ0v) is 9.05. The summed E-state index contributed by atoms with van der Waals surface area (Å²) in [5.41, 5.74) is 0. The van der Waals surface area contributed by atoms with Crippen molar-refractivity contribution in [2.45, 2.75) is 40.0 Å². The largest absolute Gasteiger partial charge is 0.343 e. The number of rotatable bonds is 2. The van der Waals surface area contributed by atoms with Crippen molar-refractivity contribution < 1.29 is 4.79 Å². The minimum absolute atomic E-state index is 0.239. The van der Waals surface area contributed by atoms with Gasteiger partial charge >= 0.3 is 0 Å². The van der Waals surface area contributed by atoms with Crippen LogP contribution in [-0.4, -0.2) is 23.9 Å². The maximum absolute atomic E-state index is 11.1. The van der Waals surface area contributed by atoms with Crippen molar-refractivity contribution in [3.05, 3.63) is 0 Å². The molecule has 13 heavy (non-hydrogen) atoms. The average Bonchev–Trinajstić information content (AvgIpc) is 2.04. The summed E-state index contributed by atoms with van der Waals surface area (Å²) in [4.78, 5) is 13.0. The molecule has 0 atom stereocenters. The Bertz CT molecular complexity index is 169. The van der Waals surface area contributed by atoms with Crippen LogP contribution in [0.4, 0.5) is 0 Å². The Balaban J connectivity index is 2.26. The van der Waals surface area contributed by atoms with Crippen molar-refractivity contribution >= 4 is 5.91 Å². The van der Waals surface area contributed by atoms with Crippen molar-refractivity contribution in [2.75, 3.05) is 13.1 Å². The molecule has 0 aromatic rings. The van der Waals surface area contributed by atoms with Gasteiger partial charge in [0.1, 0.15) is 0 Å². The van der Waals surface area contributed by atoms with Crippen LogP contribution < -0.4 is 0 Å². The second-order valence-corrected chi connectivity index (χ2v) is 4.58. The Morgan fingerprint density at radius 2 is 1.92 bits per heavy atom. The molecule has 0 aromatic carbocycles. The summed E-state index contributed by atoms with van der Waals surface area (Å²) >= 11 is 0. The molecule has 0 saturated carbocycles. The molecule has 0 radical (unpaired) electrons. The second kappa shape index (κ2) is 4.64. The maximum Gasteiger partial charge on any atom is 0.219 e. The van der Waals surface area contributed by atoms with E-state index in [1.54, 1.807) is 6.92 Å². The zero-order valence-electron chi connectivity index (χ0n) is 9.05. The molecule has 1 saturated heterocycles. The molecule has 1 rings (SSSR count). The van der Waals surface area contributed by atoms with E-state index in [0.29, 0.717) is 0 Å². The Morgan fingerprint density at radius 1 is 1.38 bits per heavy atom. The maximum atomic E-state index is 11.1. The number of nitrogens with zero attached hydrogens (tertiary/aromatic N) is 1. The Morgan fingerprint density at radius 3 is 2.31 bits per heavy atom. The third-order valence-corrected chi connectivity index (χ3v) is 2.86. The Hall–Kier alpha value is -0.530. The first-order valence-electron chi connectivity index (χ1n) is 5.35. The number of hydrogen-bond acceptors (Lipinski definition) is 1. The molecule has 2 heteroatoms. The summed E-state index contributed by atoms with van der Waals surface area (Å²) in [6.45, 7) is 8.18. The van der Waals surface area contributed by atoms with Crippen molar-refractivity contribution in [2.24, 2.45) is 11.8 Å². The van der Waals surface area contributed by atoms with E-state index >= 15 is 0 Å². The number of carbonyl (C=O) groups is 1. The predicted octanol–water partition coefficient (Wildman–Crippen LogP) is 2.29. The van der Waals surface area contributed by atoms with Crippen molar-refractivity contribution in [1.29, 1.82) is 0 Å². The number of hydrogen-bond donors (Lipinski definition) is 0. The molecule has 0 bridgehead atoms. The minimum atomic E-state index is 0.239. The van der Waals surface area contributed by atoms with Gasteiger partial charge in [-0.05, 0) is 31.1 Å². The molecule has 1 fully saturated rings. The summed E-state index contributed by atoms with van der Waals surface area (Å²) in [5, 5.41) is 0. The van der Waals surface area contributed by atoms with Crippen LogP contribution in [0.5, 0.6) is 0 Å². The number of amides is 1. The van der Waals surface area contributed by atoms with Gasteiger partial charge in [0.05, 0.1) is 0 Å². The van der Waals surface area contributed by atoms with E-state index in [1.807, 2.05) is 4.90 Å². The van der Waals surface area contributed by atoms with E-state index in [9.17, 15) is 4.79 Å². The van der Waals surface area contributed by atoms with Crippen LogP contribution in [0.2, 0.25) is 0 Å². The third kappa shape index (κ3) is 3.37. The SMILES string of the molecule is CC(=O)N1CCC(CC(C)C)CC1. The fourth-order valence-electron chi connectivity index (χ4n) is 2.15. The Labute approximate surface area is 81.3 Å². The monoisotopic (exact) mass is 183 g/mol. The first-order valence-corrected chi connectivity index (χ1v) is 5.35. The highest BCUT2D eigenvalue weighted by molar-refractivity contribution is 5.73. The Kier molecular flexibility index (Phi) is 3.76. The molecule has 1 aliphatic heterocycles. The number of piperidine rings is 1. The molecular formula is C11H21NO. The lowest BCUT2D eigenvalue weighted by Gasteiger charge is -2.32. The summed E-state index contributed by atoms with van der Waals surface area (Å²) < 4.78 is 0. The highest BCUT2D eigenvalue weighted by atomic mass is 16.2. The van der Waals surface area contributed by atoms with Crippen LogP contribution in [0.3, 0.4) is 0 Å². The van der Waals surface area contributed by atoms with Crippen LogP contribution in [0.1, 0.15) is 40.0 Å². The van der Waals surface area contributed by atoms with Crippen LogP contribution >= 0.6 is 0 Å². The van der Waals surface area contributed by atoms with Gasteiger partial charge in [0, 0.05) is 20.0 Å². The number of likely N-dealkylation sites (tertiary alicyclic amines) is 1. The zero-order chi connectivity index (χ0) is 9.84. The molecule has 1 heterocycles. The summed E-state index contributed by atoms with van der Waals surface area (Å²) in [5.74, 6) is 1.90. The smallest absolute Gasteiger partial charge is 0.219 e. The van der Waals surface area contributed by atoms with E-state index in [0.717, 1.165) is 24.9 Å². The predicted molar refractivity (Wildman–Crippen MR) is 54.4 cm³/mol. The van der Waals surface area contributed by atoms with E-state index < -0.39 is 0 Å². The molecule has 1 aliphatic rings. The van der Waals surface area contributed by atoms with Crippen LogP contribution in [0.25, 0.3) is 0 Å². The molecule has 2 nitrogen and oxygen atoms in total.